The molecule has 0 bridgehead atoms. The number of anilines is 1. The number of hydrogen-bond donors (Lipinski definition) is 2. The van der Waals surface area contributed by atoms with Crippen molar-refractivity contribution < 1.29 is 23.5 Å². The number of nitrogens with one attached hydrogen (secondary N) is 2. The first-order chi connectivity index (χ1) is 11.5. The van der Waals surface area contributed by atoms with Gasteiger partial charge in [-0.1, -0.05) is 0 Å². The molecule has 0 radical (unpaired) electrons. The van der Waals surface area contributed by atoms with E-state index >= 15 is 0 Å². The maximum Gasteiger partial charge on any atom is 0.338 e. The number of carbonyl (C=O) groups excluding carboxylic acids is 3. The topological polar surface area (TPSA) is 97.6 Å². The standard InChI is InChI=1S/C16H15BrN2O5/c1-2-23-16(22)10-3-5-11(6-4-10)19-15(21)14(20)18-9-12-7-8-13(17)24-12/h3-8H,2,9H2,1H3,(H,18,20)(H,19,21). The van der Waals surface area contributed by atoms with E-state index in [0.29, 0.717) is 21.7 Å². The number of esters is 1. The predicted molar refractivity (Wildman–Crippen MR) is 89.3 cm³/mol. The Balaban J connectivity index is 1.86. The second-order valence-electron chi connectivity index (χ2n) is 4.64. The van der Waals surface area contributed by atoms with Gasteiger partial charge in [-0.25, -0.2) is 4.79 Å². The Labute approximate surface area is 146 Å². The molecule has 0 aliphatic rings. The first kappa shape index (κ1) is 17.7. The van der Waals surface area contributed by atoms with Gasteiger partial charge in [-0.2, -0.15) is 0 Å². The first-order valence-corrected chi connectivity index (χ1v) is 7.89. The molecule has 0 aliphatic carbocycles. The molecule has 24 heavy (non-hydrogen) atoms. The Morgan fingerprint density at radius 1 is 1.08 bits per heavy atom. The van der Waals surface area contributed by atoms with Gasteiger partial charge >= 0.3 is 17.8 Å². The van der Waals surface area contributed by atoms with Gasteiger partial charge in [0.1, 0.15) is 5.76 Å². The Bertz CT molecular complexity index is 739. The van der Waals surface area contributed by atoms with Crippen molar-refractivity contribution in [3.63, 3.8) is 0 Å². The van der Waals surface area contributed by atoms with Gasteiger partial charge in [-0.05, 0) is 59.3 Å². The van der Waals surface area contributed by atoms with Gasteiger partial charge in [0.15, 0.2) is 4.67 Å². The zero-order valence-corrected chi connectivity index (χ0v) is 14.4. The van der Waals surface area contributed by atoms with E-state index in [1.54, 1.807) is 19.1 Å². The highest BCUT2D eigenvalue weighted by Crippen LogP contribution is 2.14. The smallest absolute Gasteiger partial charge is 0.338 e. The van der Waals surface area contributed by atoms with E-state index in [1.165, 1.54) is 24.3 Å². The molecule has 0 fully saturated rings. The summed E-state index contributed by atoms with van der Waals surface area (Å²) in [5.41, 5.74) is 0.756. The summed E-state index contributed by atoms with van der Waals surface area (Å²) in [7, 11) is 0. The molecule has 2 aromatic rings. The highest BCUT2D eigenvalue weighted by Gasteiger charge is 2.14. The van der Waals surface area contributed by atoms with Gasteiger partial charge in [-0.15, -0.1) is 0 Å². The van der Waals surface area contributed by atoms with Gasteiger partial charge < -0.3 is 19.8 Å². The molecule has 2 N–H and O–H groups in total. The van der Waals surface area contributed by atoms with E-state index in [4.69, 9.17) is 9.15 Å². The van der Waals surface area contributed by atoms with Crippen molar-refractivity contribution in [2.75, 3.05) is 11.9 Å². The Morgan fingerprint density at radius 2 is 1.79 bits per heavy atom. The van der Waals surface area contributed by atoms with Crippen LogP contribution in [-0.4, -0.2) is 24.4 Å². The molecule has 2 amide bonds. The molecule has 1 aromatic carbocycles. The second-order valence-corrected chi connectivity index (χ2v) is 5.42. The maximum absolute atomic E-state index is 11.8. The number of amides is 2. The summed E-state index contributed by atoms with van der Waals surface area (Å²) < 4.78 is 10.6. The quantitative estimate of drug-likeness (QED) is 0.599. The highest BCUT2D eigenvalue weighted by molar-refractivity contribution is 9.10. The molecule has 8 heteroatoms. The zero-order valence-electron chi connectivity index (χ0n) is 12.8. The molecular formula is C16H15BrN2O5. The summed E-state index contributed by atoms with van der Waals surface area (Å²) in [4.78, 5) is 35.1. The molecule has 1 heterocycles. The fourth-order valence-electron chi connectivity index (χ4n) is 1.79. The number of halogens is 1. The predicted octanol–water partition coefficient (Wildman–Crippen LogP) is 2.47. The minimum absolute atomic E-state index is 0.0969. The molecule has 0 atom stereocenters. The molecule has 0 aliphatic heterocycles. The third kappa shape index (κ3) is 4.95. The lowest BCUT2D eigenvalue weighted by Gasteiger charge is -2.06. The first-order valence-electron chi connectivity index (χ1n) is 7.10. The maximum atomic E-state index is 11.8. The molecule has 126 valence electrons. The monoisotopic (exact) mass is 394 g/mol. The number of rotatable bonds is 5. The zero-order chi connectivity index (χ0) is 17.5. The van der Waals surface area contributed by atoms with Crippen molar-refractivity contribution in [1.29, 1.82) is 0 Å². The van der Waals surface area contributed by atoms with Crippen LogP contribution in [0.3, 0.4) is 0 Å². The average Bonchev–Trinajstić information content (AvgIpc) is 2.99. The third-order valence-electron chi connectivity index (χ3n) is 2.91. The summed E-state index contributed by atoms with van der Waals surface area (Å²) >= 11 is 3.15. The normalized spacial score (nSPS) is 10.1. The number of hydrogen-bond acceptors (Lipinski definition) is 5. The van der Waals surface area contributed by atoms with Crippen molar-refractivity contribution in [1.82, 2.24) is 5.32 Å². The van der Waals surface area contributed by atoms with Gasteiger partial charge in [0.05, 0.1) is 18.7 Å². The number of ether oxygens (including phenoxy) is 1. The van der Waals surface area contributed by atoms with Gasteiger partial charge in [-0.3, -0.25) is 9.59 Å². The van der Waals surface area contributed by atoms with Crippen LogP contribution in [0.5, 0.6) is 0 Å². The van der Waals surface area contributed by atoms with Crippen LogP contribution >= 0.6 is 15.9 Å². The summed E-state index contributed by atoms with van der Waals surface area (Å²) in [6.45, 7) is 2.09. The Morgan fingerprint density at radius 3 is 2.38 bits per heavy atom. The Hall–Kier alpha value is -2.61. The lowest BCUT2D eigenvalue weighted by atomic mass is 10.2. The Kier molecular flexibility index (Phi) is 6.14. The molecule has 0 saturated heterocycles. The lowest BCUT2D eigenvalue weighted by molar-refractivity contribution is -0.136. The van der Waals surface area contributed by atoms with E-state index in [9.17, 15) is 14.4 Å². The van der Waals surface area contributed by atoms with Crippen LogP contribution in [0, 0.1) is 0 Å². The van der Waals surface area contributed by atoms with E-state index in [0.717, 1.165) is 0 Å². The van der Waals surface area contributed by atoms with Crippen LogP contribution in [-0.2, 0) is 20.9 Å². The minimum Gasteiger partial charge on any atom is -0.462 e. The van der Waals surface area contributed by atoms with Crippen LogP contribution in [0.25, 0.3) is 0 Å². The largest absolute Gasteiger partial charge is 0.462 e. The molecular weight excluding hydrogens is 380 g/mol. The fourth-order valence-corrected chi connectivity index (χ4v) is 2.13. The van der Waals surface area contributed by atoms with Crippen molar-refractivity contribution in [2.45, 2.75) is 13.5 Å². The van der Waals surface area contributed by atoms with Crippen LogP contribution in [0.4, 0.5) is 5.69 Å². The van der Waals surface area contributed by atoms with Crippen molar-refractivity contribution in [3.8, 4) is 0 Å². The van der Waals surface area contributed by atoms with Gasteiger partial charge in [0, 0.05) is 5.69 Å². The van der Waals surface area contributed by atoms with E-state index in [-0.39, 0.29) is 13.2 Å². The van der Waals surface area contributed by atoms with Crippen LogP contribution in [0.2, 0.25) is 0 Å². The van der Waals surface area contributed by atoms with Gasteiger partial charge in [0.25, 0.3) is 0 Å². The van der Waals surface area contributed by atoms with Crippen molar-refractivity contribution in [2.24, 2.45) is 0 Å². The molecule has 0 spiro atoms. The SMILES string of the molecule is CCOC(=O)c1ccc(NC(=O)C(=O)NCc2ccc(Br)o2)cc1. The molecule has 0 saturated carbocycles. The number of furan rings is 1. The van der Waals surface area contributed by atoms with Crippen LogP contribution < -0.4 is 10.6 Å². The molecule has 0 unspecified atom stereocenters. The second kappa shape index (κ2) is 8.30. The van der Waals surface area contributed by atoms with E-state index < -0.39 is 17.8 Å². The minimum atomic E-state index is -0.815. The van der Waals surface area contributed by atoms with Crippen molar-refractivity contribution >= 4 is 39.4 Å². The summed E-state index contributed by atoms with van der Waals surface area (Å²) in [6.07, 6.45) is 0. The lowest BCUT2D eigenvalue weighted by Crippen LogP contribution is -2.34. The highest BCUT2D eigenvalue weighted by atomic mass is 79.9. The summed E-state index contributed by atoms with van der Waals surface area (Å²) in [6, 6.07) is 9.41. The summed E-state index contributed by atoms with van der Waals surface area (Å²) in [5.74, 6) is -1.54. The van der Waals surface area contributed by atoms with E-state index in [1.807, 2.05) is 0 Å². The van der Waals surface area contributed by atoms with Gasteiger partial charge in [0.2, 0.25) is 0 Å². The average molecular weight is 395 g/mol. The number of benzene rings is 1. The molecule has 2 rings (SSSR count). The number of carbonyl (C=O) groups is 3. The van der Waals surface area contributed by atoms with Crippen LogP contribution in [0.15, 0.2) is 45.5 Å². The summed E-state index contributed by atoms with van der Waals surface area (Å²) in [5, 5.41) is 4.88. The molecule has 1 aromatic heterocycles. The fraction of sp³-hybridized carbons (Fsp3) is 0.188. The van der Waals surface area contributed by atoms with E-state index in [2.05, 4.69) is 26.6 Å². The molecule has 7 nitrogen and oxygen atoms in total. The van der Waals surface area contributed by atoms with Crippen molar-refractivity contribution in [3.05, 3.63) is 52.4 Å². The van der Waals surface area contributed by atoms with Crippen LogP contribution in [0.1, 0.15) is 23.0 Å². The third-order valence-corrected chi connectivity index (χ3v) is 3.34.